The van der Waals surface area contributed by atoms with E-state index in [-0.39, 0.29) is 11.9 Å². The molecule has 0 aliphatic heterocycles. The normalized spacial score (nSPS) is 18.3. The summed E-state index contributed by atoms with van der Waals surface area (Å²) in [4.78, 5) is 0. The zero-order chi connectivity index (χ0) is 12.3. The van der Waals surface area contributed by atoms with Crippen molar-refractivity contribution in [2.45, 2.75) is 44.7 Å². The minimum absolute atomic E-state index is 0.00532. The van der Waals surface area contributed by atoms with Gasteiger partial charge >= 0.3 is 0 Å². The van der Waals surface area contributed by atoms with Gasteiger partial charge in [-0.2, -0.15) is 0 Å². The quantitative estimate of drug-likeness (QED) is 0.866. The first-order valence-corrected chi connectivity index (χ1v) is 6.31. The first-order valence-electron chi connectivity index (χ1n) is 6.31. The second-order valence-corrected chi connectivity index (χ2v) is 4.73. The molecule has 1 saturated carbocycles. The number of benzene rings is 1. The molecular weight excluding hydrogens is 217 g/mol. The lowest BCUT2D eigenvalue weighted by Crippen LogP contribution is -2.29. The van der Waals surface area contributed by atoms with Crippen molar-refractivity contribution in [1.29, 1.82) is 0 Å². The van der Waals surface area contributed by atoms with E-state index in [0.29, 0.717) is 17.4 Å². The molecule has 1 aliphatic carbocycles. The highest BCUT2D eigenvalue weighted by Crippen LogP contribution is 2.29. The lowest BCUT2D eigenvalue weighted by Gasteiger charge is -2.21. The van der Waals surface area contributed by atoms with Crippen LogP contribution in [0.2, 0.25) is 0 Å². The number of rotatable bonds is 4. The largest absolute Gasteiger partial charge is 0.496 e. The maximum atomic E-state index is 13.8. The molecule has 1 aliphatic rings. The lowest BCUT2D eigenvalue weighted by atomic mass is 10.0. The molecule has 2 nitrogen and oxygen atoms in total. The van der Waals surface area contributed by atoms with Crippen LogP contribution in [0.25, 0.3) is 0 Å². The minimum atomic E-state index is -0.192. The van der Waals surface area contributed by atoms with E-state index in [0.717, 1.165) is 0 Å². The first-order chi connectivity index (χ1) is 8.22. The molecule has 2 rings (SSSR count). The Bertz CT molecular complexity index is 374. The third-order valence-corrected chi connectivity index (χ3v) is 3.51. The van der Waals surface area contributed by atoms with Crippen molar-refractivity contribution >= 4 is 0 Å². The van der Waals surface area contributed by atoms with Gasteiger partial charge in [0, 0.05) is 17.6 Å². The number of hydrogen-bond acceptors (Lipinski definition) is 2. The standard InChI is InChI=1S/C14H20FNO/c1-10(16-11-6-3-4-7-11)14-12(15)8-5-9-13(14)17-2/h5,8-11,16H,3-4,6-7H2,1-2H3. The summed E-state index contributed by atoms with van der Waals surface area (Å²) >= 11 is 0. The summed E-state index contributed by atoms with van der Waals surface area (Å²) in [7, 11) is 1.58. The van der Waals surface area contributed by atoms with Crippen LogP contribution in [0.15, 0.2) is 18.2 Å². The fourth-order valence-electron chi connectivity index (χ4n) is 2.64. The second kappa shape index (κ2) is 5.50. The fraction of sp³-hybridized carbons (Fsp3) is 0.571. The Labute approximate surface area is 102 Å². The van der Waals surface area contributed by atoms with Crippen LogP contribution in [0, 0.1) is 5.82 Å². The van der Waals surface area contributed by atoms with Gasteiger partial charge in [0.15, 0.2) is 0 Å². The highest BCUT2D eigenvalue weighted by atomic mass is 19.1. The molecule has 0 saturated heterocycles. The van der Waals surface area contributed by atoms with Crippen molar-refractivity contribution in [2.75, 3.05) is 7.11 Å². The third kappa shape index (κ3) is 2.78. The van der Waals surface area contributed by atoms with Gasteiger partial charge in [0.1, 0.15) is 11.6 Å². The van der Waals surface area contributed by atoms with E-state index in [4.69, 9.17) is 4.74 Å². The SMILES string of the molecule is COc1cccc(F)c1C(C)NC1CCCC1. The number of nitrogens with one attached hydrogen (secondary N) is 1. The summed E-state index contributed by atoms with van der Waals surface area (Å²) in [6.07, 6.45) is 4.94. The molecule has 1 aromatic carbocycles. The Kier molecular flexibility index (Phi) is 4.00. The van der Waals surface area contributed by atoms with Gasteiger partial charge < -0.3 is 10.1 Å². The molecule has 1 atom stereocenters. The minimum Gasteiger partial charge on any atom is -0.496 e. The van der Waals surface area contributed by atoms with Crippen molar-refractivity contribution in [3.05, 3.63) is 29.6 Å². The molecule has 3 heteroatoms. The van der Waals surface area contributed by atoms with Crippen LogP contribution in [0.5, 0.6) is 5.75 Å². The fourth-order valence-corrected chi connectivity index (χ4v) is 2.64. The predicted octanol–water partition coefficient (Wildman–Crippen LogP) is 3.43. The van der Waals surface area contributed by atoms with Crippen molar-refractivity contribution in [2.24, 2.45) is 0 Å². The molecule has 17 heavy (non-hydrogen) atoms. The van der Waals surface area contributed by atoms with Gasteiger partial charge in [-0.05, 0) is 31.9 Å². The zero-order valence-electron chi connectivity index (χ0n) is 10.5. The van der Waals surface area contributed by atoms with E-state index in [1.165, 1.54) is 31.7 Å². The second-order valence-electron chi connectivity index (χ2n) is 4.73. The molecule has 1 N–H and O–H groups in total. The van der Waals surface area contributed by atoms with Crippen LogP contribution >= 0.6 is 0 Å². The van der Waals surface area contributed by atoms with E-state index < -0.39 is 0 Å². The van der Waals surface area contributed by atoms with E-state index in [1.54, 1.807) is 13.2 Å². The molecule has 1 aromatic rings. The molecule has 0 aromatic heterocycles. The van der Waals surface area contributed by atoms with Gasteiger partial charge in [0.25, 0.3) is 0 Å². The van der Waals surface area contributed by atoms with Gasteiger partial charge in [-0.15, -0.1) is 0 Å². The topological polar surface area (TPSA) is 21.3 Å². The molecule has 0 spiro atoms. The van der Waals surface area contributed by atoms with Crippen molar-refractivity contribution < 1.29 is 9.13 Å². The van der Waals surface area contributed by atoms with Crippen LogP contribution in [0.1, 0.15) is 44.2 Å². The van der Waals surface area contributed by atoms with Crippen molar-refractivity contribution in [3.8, 4) is 5.75 Å². The summed E-state index contributed by atoms with van der Waals surface area (Å²) in [6.45, 7) is 2.00. The maximum absolute atomic E-state index is 13.8. The van der Waals surface area contributed by atoms with Crippen molar-refractivity contribution in [3.63, 3.8) is 0 Å². The Morgan fingerprint density at radius 3 is 2.71 bits per heavy atom. The number of halogens is 1. The van der Waals surface area contributed by atoms with E-state index in [1.807, 2.05) is 13.0 Å². The molecule has 1 unspecified atom stereocenters. The molecular formula is C14H20FNO. The van der Waals surface area contributed by atoms with Crippen molar-refractivity contribution in [1.82, 2.24) is 5.32 Å². The van der Waals surface area contributed by atoms with Gasteiger partial charge in [-0.3, -0.25) is 0 Å². The first kappa shape index (κ1) is 12.4. The van der Waals surface area contributed by atoms with Crippen LogP contribution < -0.4 is 10.1 Å². The maximum Gasteiger partial charge on any atom is 0.131 e. The predicted molar refractivity (Wildman–Crippen MR) is 66.8 cm³/mol. The van der Waals surface area contributed by atoms with Gasteiger partial charge in [0.05, 0.1) is 7.11 Å². The van der Waals surface area contributed by atoms with Crippen LogP contribution in [-0.4, -0.2) is 13.2 Å². The van der Waals surface area contributed by atoms with Gasteiger partial charge in [-0.1, -0.05) is 18.9 Å². The Morgan fingerprint density at radius 2 is 2.06 bits per heavy atom. The molecule has 0 bridgehead atoms. The third-order valence-electron chi connectivity index (χ3n) is 3.51. The molecule has 94 valence electrons. The zero-order valence-corrected chi connectivity index (χ0v) is 10.5. The average molecular weight is 237 g/mol. The number of ether oxygens (including phenoxy) is 1. The van der Waals surface area contributed by atoms with Crippen LogP contribution in [0.3, 0.4) is 0 Å². The molecule has 0 radical (unpaired) electrons. The summed E-state index contributed by atoms with van der Waals surface area (Å²) in [5.41, 5.74) is 0.641. The van der Waals surface area contributed by atoms with E-state index >= 15 is 0 Å². The summed E-state index contributed by atoms with van der Waals surface area (Å²) < 4.78 is 19.1. The lowest BCUT2D eigenvalue weighted by molar-refractivity contribution is 0.383. The highest BCUT2D eigenvalue weighted by molar-refractivity contribution is 5.36. The van der Waals surface area contributed by atoms with Crippen LogP contribution in [0.4, 0.5) is 4.39 Å². The van der Waals surface area contributed by atoms with Gasteiger partial charge in [-0.25, -0.2) is 4.39 Å². The Hall–Kier alpha value is -1.09. The van der Waals surface area contributed by atoms with E-state index in [2.05, 4.69) is 5.32 Å². The Morgan fingerprint density at radius 1 is 1.35 bits per heavy atom. The number of hydrogen-bond donors (Lipinski definition) is 1. The Balaban J connectivity index is 2.14. The van der Waals surface area contributed by atoms with Crippen LogP contribution in [-0.2, 0) is 0 Å². The molecule has 0 heterocycles. The monoisotopic (exact) mass is 237 g/mol. The smallest absolute Gasteiger partial charge is 0.131 e. The summed E-state index contributed by atoms with van der Waals surface area (Å²) in [5.74, 6) is 0.436. The molecule has 0 amide bonds. The number of methoxy groups -OCH3 is 1. The average Bonchev–Trinajstić information content (AvgIpc) is 2.81. The van der Waals surface area contributed by atoms with Gasteiger partial charge in [0.2, 0.25) is 0 Å². The summed E-state index contributed by atoms with van der Waals surface area (Å²) in [6, 6.07) is 5.50. The summed E-state index contributed by atoms with van der Waals surface area (Å²) in [5, 5.41) is 3.49. The molecule has 1 fully saturated rings. The highest BCUT2D eigenvalue weighted by Gasteiger charge is 2.21. The van der Waals surface area contributed by atoms with E-state index in [9.17, 15) is 4.39 Å².